The molecule has 5 nitrogen and oxygen atoms in total. The second kappa shape index (κ2) is 4.59. The van der Waals surface area contributed by atoms with Crippen LogP contribution in [-0.4, -0.2) is 40.1 Å². The molecule has 2 rings (SSSR count). The first-order chi connectivity index (χ1) is 8.44. The van der Waals surface area contributed by atoms with Gasteiger partial charge >= 0.3 is 11.9 Å². The molecule has 2 N–H and O–H groups in total. The molecule has 96 valence electrons. The van der Waals surface area contributed by atoms with E-state index in [2.05, 4.69) is 0 Å². The average molecular weight is 270 g/mol. The van der Waals surface area contributed by atoms with Crippen molar-refractivity contribution in [2.24, 2.45) is 5.41 Å². The topological polar surface area (TPSA) is 77.8 Å². The lowest BCUT2D eigenvalue weighted by atomic mass is 9.79. The largest absolute Gasteiger partial charge is 0.480 e. The molecule has 0 saturated carbocycles. The van der Waals surface area contributed by atoms with Crippen molar-refractivity contribution in [3.8, 4) is 0 Å². The number of benzene rings is 1. The van der Waals surface area contributed by atoms with E-state index in [4.69, 9.17) is 21.8 Å². The zero-order chi connectivity index (χ0) is 13.3. The van der Waals surface area contributed by atoms with Crippen LogP contribution in [-0.2, 0) is 16.1 Å². The fraction of sp³-hybridized carbons (Fsp3) is 0.333. The van der Waals surface area contributed by atoms with Crippen molar-refractivity contribution in [1.82, 2.24) is 4.90 Å². The van der Waals surface area contributed by atoms with Gasteiger partial charge in [-0.05, 0) is 17.7 Å². The molecule has 1 heterocycles. The summed E-state index contributed by atoms with van der Waals surface area (Å²) in [5, 5.41) is 18.5. The third kappa shape index (κ3) is 2.19. The standard InChI is InChI=1S/C12H12ClNO4/c13-9-3-1-8(2-4-9)5-14-6-12(7-14,10(15)16)11(17)18/h1-4H,5-7H2,(H,15,16)(H,17,18). The van der Waals surface area contributed by atoms with Crippen LogP contribution in [0, 0.1) is 5.41 Å². The zero-order valence-corrected chi connectivity index (χ0v) is 10.2. The highest BCUT2D eigenvalue weighted by Crippen LogP contribution is 2.32. The summed E-state index contributed by atoms with van der Waals surface area (Å²) in [6.07, 6.45) is 0. The van der Waals surface area contributed by atoms with Gasteiger partial charge < -0.3 is 10.2 Å². The molecule has 0 spiro atoms. The highest BCUT2D eigenvalue weighted by atomic mass is 35.5. The highest BCUT2D eigenvalue weighted by molar-refractivity contribution is 6.30. The van der Waals surface area contributed by atoms with Gasteiger partial charge in [-0.15, -0.1) is 0 Å². The molecule has 1 saturated heterocycles. The molecular formula is C12H12ClNO4. The van der Waals surface area contributed by atoms with Crippen molar-refractivity contribution in [2.45, 2.75) is 6.54 Å². The van der Waals surface area contributed by atoms with Crippen LogP contribution in [0.5, 0.6) is 0 Å². The number of carbonyl (C=O) groups is 2. The summed E-state index contributed by atoms with van der Waals surface area (Å²) in [6.45, 7) is 0.583. The zero-order valence-electron chi connectivity index (χ0n) is 9.47. The first-order valence-corrected chi connectivity index (χ1v) is 5.75. The molecule has 0 radical (unpaired) electrons. The fourth-order valence-electron chi connectivity index (χ4n) is 2.04. The van der Waals surface area contributed by atoms with E-state index in [1.807, 2.05) is 12.1 Å². The Morgan fingerprint density at radius 3 is 2.11 bits per heavy atom. The summed E-state index contributed by atoms with van der Waals surface area (Å²) >= 11 is 5.76. The number of carboxylic acid groups (broad SMARTS) is 2. The summed E-state index contributed by atoms with van der Waals surface area (Å²) in [5.41, 5.74) is -0.671. The van der Waals surface area contributed by atoms with Gasteiger partial charge in [0.25, 0.3) is 0 Å². The van der Waals surface area contributed by atoms with Crippen LogP contribution in [0.25, 0.3) is 0 Å². The monoisotopic (exact) mass is 269 g/mol. The van der Waals surface area contributed by atoms with Crippen molar-refractivity contribution in [3.63, 3.8) is 0 Å². The number of aliphatic carboxylic acids is 2. The van der Waals surface area contributed by atoms with Crippen LogP contribution in [0.3, 0.4) is 0 Å². The smallest absolute Gasteiger partial charge is 0.323 e. The molecule has 0 amide bonds. The van der Waals surface area contributed by atoms with Crippen LogP contribution in [0.1, 0.15) is 5.56 Å². The highest BCUT2D eigenvalue weighted by Gasteiger charge is 2.56. The minimum absolute atomic E-state index is 0.0281. The third-order valence-corrected chi connectivity index (χ3v) is 3.38. The van der Waals surface area contributed by atoms with E-state index in [0.717, 1.165) is 5.56 Å². The minimum Gasteiger partial charge on any atom is -0.480 e. The first-order valence-electron chi connectivity index (χ1n) is 5.38. The Labute approximate surface area is 109 Å². The predicted molar refractivity (Wildman–Crippen MR) is 64.4 cm³/mol. The van der Waals surface area contributed by atoms with Crippen LogP contribution in [0.15, 0.2) is 24.3 Å². The first kappa shape index (κ1) is 12.9. The van der Waals surface area contributed by atoms with Crippen LogP contribution in [0.4, 0.5) is 0 Å². The van der Waals surface area contributed by atoms with Gasteiger partial charge in [-0.1, -0.05) is 23.7 Å². The van der Waals surface area contributed by atoms with Gasteiger partial charge in [-0.3, -0.25) is 14.5 Å². The van der Waals surface area contributed by atoms with Crippen molar-refractivity contribution >= 4 is 23.5 Å². The molecule has 0 aromatic heterocycles. The maximum absolute atomic E-state index is 11.0. The van der Waals surface area contributed by atoms with Crippen molar-refractivity contribution < 1.29 is 19.8 Å². The van der Waals surface area contributed by atoms with E-state index in [9.17, 15) is 9.59 Å². The van der Waals surface area contributed by atoms with Crippen molar-refractivity contribution in [3.05, 3.63) is 34.9 Å². The molecule has 6 heteroatoms. The minimum atomic E-state index is -1.65. The Kier molecular flexibility index (Phi) is 3.28. The normalized spacial score (nSPS) is 18.1. The second-order valence-corrected chi connectivity index (χ2v) is 4.90. The van der Waals surface area contributed by atoms with Gasteiger partial charge in [-0.25, -0.2) is 0 Å². The Morgan fingerprint density at radius 1 is 1.17 bits per heavy atom. The molecule has 1 aliphatic heterocycles. The molecule has 1 aliphatic rings. The van der Waals surface area contributed by atoms with Gasteiger partial charge in [0.05, 0.1) is 0 Å². The summed E-state index contributed by atoms with van der Waals surface area (Å²) in [4.78, 5) is 23.7. The number of hydrogen-bond donors (Lipinski definition) is 2. The quantitative estimate of drug-likeness (QED) is 0.806. The third-order valence-electron chi connectivity index (χ3n) is 3.13. The number of hydrogen-bond acceptors (Lipinski definition) is 3. The van der Waals surface area contributed by atoms with E-state index in [0.29, 0.717) is 11.6 Å². The second-order valence-electron chi connectivity index (χ2n) is 4.46. The Morgan fingerprint density at radius 2 is 1.67 bits per heavy atom. The fourth-order valence-corrected chi connectivity index (χ4v) is 2.16. The van der Waals surface area contributed by atoms with E-state index in [1.165, 1.54) is 0 Å². The van der Waals surface area contributed by atoms with Gasteiger partial charge in [0.15, 0.2) is 5.41 Å². The van der Waals surface area contributed by atoms with E-state index >= 15 is 0 Å². The summed E-state index contributed by atoms with van der Waals surface area (Å²) in [5.74, 6) is -2.55. The van der Waals surface area contributed by atoms with Gasteiger partial charge in [0, 0.05) is 24.7 Å². The lowest BCUT2D eigenvalue weighted by molar-refractivity contribution is -0.178. The predicted octanol–water partition coefficient (Wildman–Crippen LogP) is 1.31. The average Bonchev–Trinajstić information content (AvgIpc) is 2.24. The Bertz CT molecular complexity index is 463. The number of likely N-dealkylation sites (tertiary alicyclic amines) is 1. The maximum atomic E-state index is 11.0. The molecule has 18 heavy (non-hydrogen) atoms. The lowest BCUT2D eigenvalue weighted by Gasteiger charge is -2.44. The molecule has 1 aromatic rings. The molecular weight excluding hydrogens is 258 g/mol. The molecule has 0 bridgehead atoms. The molecule has 0 aliphatic carbocycles. The maximum Gasteiger partial charge on any atom is 0.323 e. The molecule has 0 atom stereocenters. The van der Waals surface area contributed by atoms with Crippen LogP contribution >= 0.6 is 11.6 Å². The SMILES string of the molecule is O=C(O)C1(C(=O)O)CN(Cc2ccc(Cl)cc2)C1. The number of halogens is 1. The summed E-state index contributed by atoms with van der Waals surface area (Å²) < 4.78 is 0. The summed E-state index contributed by atoms with van der Waals surface area (Å²) in [6, 6.07) is 7.17. The number of rotatable bonds is 4. The van der Waals surface area contributed by atoms with Crippen LogP contribution < -0.4 is 0 Å². The van der Waals surface area contributed by atoms with E-state index in [-0.39, 0.29) is 13.1 Å². The van der Waals surface area contributed by atoms with Crippen molar-refractivity contribution in [2.75, 3.05) is 13.1 Å². The van der Waals surface area contributed by atoms with E-state index in [1.54, 1.807) is 17.0 Å². The summed E-state index contributed by atoms with van der Waals surface area (Å²) in [7, 11) is 0. The van der Waals surface area contributed by atoms with E-state index < -0.39 is 17.4 Å². The number of nitrogens with zero attached hydrogens (tertiary/aromatic N) is 1. The Balaban J connectivity index is 1.98. The van der Waals surface area contributed by atoms with Gasteiger partial charge in [0.1, 0.15) is 0 Å². The molecule has 1 aromatic carbocycles. The molecule has 0 unspecified atom stereocenters. The Hall–Kier alpha value is -1.59. The lowest BCUT2D eigenvalue weighted by Crippen LogP contribution is -2.63. The van der Waals surface area contributed by atoms with Crippen molar-refractivity contribution in [1.29, 1.82) is 0 Å². The van der Waals surface area contributed by atoms with Crippen LogP contribution in [0.2, 0.25) is 5.02 Å². The van der Waals surface area contributed by atoms with Gasteiger partial charge in [0.2, 0.25) is 0 Å². The van der Waals surface area contributed by atoms with Gasteiger partial charge in [-0.2, -0.15) is 0 Å². The number of carboxylic acids is 2. The molecule has 1 fully saturated rings.